The van der Waals surface area contributed by atoms with Crippen LogP contribution >= 0.6 is 21.6 Å². The maximum atomic E-state index is 12.6. The van der Waals surface area contributed by atoms with Crippen LogP contribution in [-0.2, 0) is 20.8 Å². The predicted octanol–water partition coefficient (Wildman–Crippen LogP) is 6.87. The standard InChI is InChI=1S/C30H38N2O4S2/c1-3-20-7-9-24(33)17-25(34)10-8-22-16-28(36-2)27(35)15-23(22)13-21-14-26(29(31)32-18-21)30(38-37-19-20)11-5-4-6-12-30/h8,10,14-16,18,20,35H,3-7,9,11-13,17,19H2,1-2H3,(H2,31,32). The molecule has 3 N–H and O–H groups in total. The number of Topliss-reactive ketones (excluding diaryl/α,β-unsaturated/α-hetero) is 1. The number of nitrogen functional groups attached to an aromatic ring is 1. The Morgan fingerprint density at radius 2 is 1.92 bits per heavy atom. The lowest BCUT2D eigenvalue weighted by Crippen LogP contribution is -2.26. The van der Waals surface area contributed by atoms with Gasteiger partial charge in [0.05, 0.1) is 18.3 Å². The summed E-state index contributed by atoms with van der Waals surface area (Å²) in [6.07, 6.45) is 13.3. The molecule has 1 aromatic heterocycles. The van der Waals surface area contributed by atoms with Crippen LogP contribution in [0.3, 0.4) is 0 Å². The van der Waals surface area contributed by atoms with Gasteiger partial charge < -0.3 is 15.6 Å². The Bertz CT molecular complexity index is 1190. The van der Waals surface area contributed by atoms with Crippen LogP contribution in [0.4, 0.5) is 5.82 Å². The van der Waals surface area contributed by atoms with Gasteiger partial charge in [0.1, 0.15) is 11.6 Å². The Hall–Kier alpha value is -2.45. The molecule has 0 amide bonds. The first-order valence-electron chi connectivity index (χ1n) is 13.5. The molecular formula is C30H38N2O4S2. The van der Waals surface area contributed by atoms with Crippen molar-refractivity contribution in [3.63, 3.8) is 0 Å². The van der Waals surface area contributed by atoms with E-state index in [-0.39, 0.29) is 28.5 Å². The topological polar surface area (TPSA) is 103 Å². The third kappa shape index (κ3) is 6.94. The van der Waals surface area contributed by atoms with Crippen LogP contribution < -0.4 is 10.5 Å². The number of hydrogen-bond acceptors (Lipinski definition) is 8. The molecule has 38 heavy (non-hydrogen) atoms. The van der Waals surface area contributed by atoms with Crippen LogP contribution in [0.2, 0.25) is 0 Å². The number of nitrogens with zero attached hydrogens (tertiary/aromatic N) is 1. The number of rotatable bonds is 2. The highest BCUT2D eigenvalue weighted by Gasteiger charge is 2.37. The van der Waals surface area contributed by atoms with Gasteiger partial charge in [0, 0.05) is 23.9 Å². The first-order chi connectivity index (χ1) is 18.3. The number of pyridine rings is 1. The third-order valence-electron chi connectivity index (χ3n) is 7.71. The fourth-order valence-electron chi connectivity index (χ4n) is 5.36. The molecule has 1 aromatic carbocycles. The molecule has 2 bridgehead atoms. The van der Waals surface area contributed by atoms with Gasteiger partial charge in [-0.05, 0) is 72.6 Å². The van der Waals surface area contributed by atoms with Gasteiger partial charge in [-0.3, -0.25) is 9.59 Å². The number of methoxy groups -OCH3 is 1. The van der Waals surface area contributed by atoms with Gasteiger partial charge in [-0.1, -0.05) is 60.3 Å². The van der Waals surface area contributed by atoms with Crippen LogP contribution in [0.15, 0.2) is 30.5 Å². The SMILES string of the molecule is CCC1CCC(=O)CC(=O)C=Cc2cc(OC)c(O)cc2Cc2cnc(N)c(c2)C2(CCCCC2)SSC1. The summed E-state index contributed by atoms with van der Waals surface area (Å²) in [5.74, 6) is 2.10. The summed E-state index contributed by atoms with van der Waals surface area (Å²) in [6.45, 7) is 2.17. The number of phenols is 1. The number of aromatic hydroxyl groups is 1. The quantitative estimate of drug-likeness (QED) is 0.306. The van der Waals surface area contributed by atoms with Crippen molar-refractivity contribution in [3.05, 3.63) is 52.7 Å². The number of fused-ring (bicyclic) bond motifs is 4. The zero-order chi connectivity index (χ0) is 27.1. The summed E-state index contributed by atoms with van der Waals surface area (Å²) in [5.41, 5.74) is 10.2. The van der Waals surface area contributed by atoms with Crippen molar-refractivity contribution in [1.82, 2.24) is 4.98 Å². The van der Waals surface area contributed by atoms with E-state index in [2.05, 4.69) is 18.0 Å². The predicted molar refractivity (Wildman–Crippen MR) is 158 cm³/mol. The molecule has 1 fully saturated rings. The first-order valence-corrected chi connectivity index (χ1v) is 15.8. The first kappa shape index (κ1) is 28.6. The number of carbonyl (C=O) groups is 2. The van der Waals surface area contributed by atoms with E-state index in [4.69, 9.17) is 10.5 Å². The second kappa shape index (κ2) is 13.1. The van der Waals surface area contributed by atoms with Crippen LogP contribution in [-0.4, -0.2) is 34.5 Å². The van der Waals surface area contributed by atoms with Crippen molar-refractivity contribution < 1.29 is 19.4 Å². The lowest BCUT2D eigenvalue weighted by atomic mass is 9.82. The molecule has 1 spiro atoms. The molecule has 2 aliphatic rings. The molecule has 0 radical (unpaired) electrons. The molecule has 1 aliphatic heterocycles. The molecular weight excluding hydrogens is 516 g/mol. The monoisotopic (exact) mass is 554 g/mol. The minimum atomic E-state index is -0.220. The summed E-state index contributed by atoms with van der Waals surface area (Å²) in [4.78, 5) is 29.8. The van der Waals surface area contributed by atoms with Gasteiger partial charge in [0.2, 0.25) is 0 Å². The summed E-state index contributed by atoms with van der Waals surface area (Å²) in [5, 5.41) is 10.5. The van der Waals surface area contributed by atoms with Crippen LogP contribution in [0, 0.1) is 5.92 Å². The van der Waals surface area contributed by atoms with E-state index in [1.807, 2.05) is 21.6 Å². The van der Waals surface area contributed by atoms with E-state index < -0.39 is 0 Å². The van der Waals surface area contributed by atoms with Gasteiger partial charge in [-0.25, -0.2) is 4.98 Å². The van der Waals surface area contributed by atoms with E-state index in [1.165, 1.54) is 19.6 Å². The number of phenolic OH excluding ortho intramolecular Hbond substituents is 1. The van der Waals surface area contributed by atoms with Crippen molar-refractivity contribution in [2.45, 2.75) is 75.9 Å². The number of carbonyl (C=O) groups excluding carboxylic acids is 2. The molecule has 2 heterocycles. The summed E-state index contributed by atoms with van der Waals surface area (Å²) in [6, 6.07) is 5.59. The minimum Gasteiger partial charge on any atom is -0.504 e. The highest BCUT2D eigenvalue weighted by Crippen LogP contribution is 2.54. The summed E-state index contributed by atoms with van der Waals surface area (Å²) in [7, 11) is 5.31. The van der Waals surface area contributed by atoms with Crippen LogP contribution in [0.25, 0.3) is 6.08 Å². The van der Waals surface area contributed by atoms with Crippen LogP contribution in [0.5, 0.6) is 11.5 Å². The second-order valence-electron chi connectivity index (χ2n) is 10.4. The number of ether oxygens (including phenoxy) is 1. The van der Waals surface area contributed by atoms with E-state index >= 15 is 0 Å². The van der Waals surface area contributed by atoms with E-state index in [1.54, 1.807) is 24.4 Å². The second-order valence-corrected chi connectivity index (χ2v) is 13.2. The Labute approximate surface area is 233 Å². The van der Waals surface area contributed by atoms with E-state index in [9.17, 15) is 14.7 Å². The highest BCUT2D eigenvalue weighted by atomic mass is 33.1. The van der Waals surface area contributed by atoms with Crippen molar-refractivity contribution in [2.75, 3.05) is 18.6 Å². The zero-order valence-electron chi connectivity index (χ0n) is 22.3. The fraction of sp³-hybridized carbons (Fsp3) is 0.500. The Morgan fingerprint density at radius 3 is 2.66 bits per heavy atom. The van der Waals surface area contributed by atoms with Gasteiger partial charge in [-0.15, -0.1) is 0 Å². The van der Waals surface area contributed by atoms with Gasteiger partial charge in [0.15, 0.2) is 17.3 Å². The molecule has 1 unspecified atom stereocenters. The lowest BCUT2D eigenvalue weighted by Gasteiger charge is -2.37. The van der Waals surface area contributed by atoms with Gasteiger partial charge >= 0.3 is 0 Å². The molecule has 0 saturated heterocycles. The molecule has 1 atom stereocenters. The molecule has 1 saturated carbocycles. The number of benzene rings is 1. The van der Waals surface area contributed by atoms with E-state index in [0.29, 0.717) is 30.3 Å². The fourth-order valence-corrected chi connectivity index (χ4v) is 9.18. The molecule has 1 aliphatic carbocycles. The van der Waals surface area contributed by atoms with Crippen molar-refractivity contribution >= 4 is 45.0 Å². The number of allylic oxidation sites excluding steroid dienone is 1. The van der Waals surface area contributed by atoms with E-state index in [0.717, 1.165) is 66.5 Å². The van der Waals surface area contributed by atoms with Crippen molar-refractivity contribution in [1.29, 1.82) is 0 Å². The Kier molecular flexibility index (Phi) is 9.82. The Balaban J connectivity index is 1.77. The van der Waals surface area contributed by atoms with Crippen LogP contribution in [0.1, 0.15) is 87.0 Å². The van der Waals surface area contributed by atoms with Crippen molar-refractivity contribution in [2.24, 2.45) is 5.92 Å². The molecule has 8 heteroatoms. The zero-order valence-corrected chi connectivity index (χ0v) is 24.0. The summed E-state index contributed by atoms with van der Waals surface area (Å²) < 4.78 is 5.23. The smallest absolute Gasteiger partial charge is 0.163 e. The summed E-state index contributed by atoms with van der Waals surface area (Å²) >= 11 is 0. The normalized spacial score (nSPS) is 20.9. The number of nitrogens with two attached hydrogens (primary N) is 1. The molecule has 204 valence electrons. The average molecular weight is 555 g/mol. The molecule has 2 aromatic rings. The molecule has 6 nitrogen and oxygen atoms in total. The lowest BCUT2D eigenvalue weighted by molar-refractivity contribution is -0.124. The number of ketones is 2. The highest BCUT2D eigenvalue weighted by molar-refractivity contribution is 8.77. The minimum absolute atomic E-state index is 0.0158. The number of anilines is 1. The third-order valence-corrected chi connectivity index (χ3v) is 11.1. The number of aromatic nitrogens is 1. The Morgan fingerprint density at radius 1 is 1.13 bits per heavy atom. The maximum absolute atomic E-state index is 12.6. The number of hydrogen-bond donors (Lipinski definition) is 2. The van der Waals surface area contributed by atoms with Crippen molar-refractivity contribution in [3.8, 4) is 11.5 Å². The van der Waals surface area contributed by atoms with Gasteiger partial charge in [0.25, 0.3) is 0 Å². The maximum Gasteiger partial charge on any atom is 0.163 e. The average Bonchev–Trinajstić information content (AvgIpc) is 2.91. The molecule has 4 rings (SSSR count). The van der Waals surface area contributed by atoms with Gasteiger partial charge in [-0.2, -0.15) is 0 Å². The largest absolute Gasteiger partial charge is 0.504 e.